The zero-order valence-electron chi connectivity index (χ0n) is 7.23. The summed E-state index contributed by atoms with van der Waals surface area (Å²) in [7, 11) is 0. The maximum atomic E-state index is 13.0. The van der Waals surface area contributed by atoms with Crippen LogP contribution in [0, 0.1) is 11.9 Å². The topological polar surface area (TPSA) is 25.8 Å². The Morgan fingerprint density at radius 3 is 2.25 bits per heavy atom. The van der Waals surface area contributed by atoms with E-state index in [1.165, 1.54) is 0 Å². The standard InChI is InChI=1S/C8H10F2N2/c1-8(2,3)6-5(9)4-11-7(10)12-6/h4H,1-3H3. The number of rotatable bonds is 0. The first-order chi connectivity index (χ1) is 5.41. The van der Waals surface area contributed by atoms with Crippen molar-refractivity contribution in [3.05, 3.63) is 23.8 Å². The van der Waals surface area contributed by atoms with Crippen LogP contribution in [0.5, 0.6) is 0 Å². The van der Waals surface area contributed by atoms with Gasteiger partial charge in [0.1, 0.15) is 0 Å². The van der Waals surface area contributed by atoms with Crippen LogP contribution in [0.25, 0.3) is 0 Å². The fourth-order valence-electron chi connectivity index (χ4n) is 0.872. The molecule has 0 unspecified atom stereocenters. The van der Waals surface area contributed by atoms with Crippen LogP contribution in [0.1, 0.15) is 26.5 Å². The summed E-state index contributed by atoms with van der Waals surface area (Å²) < 4.78 is 25.5. The third kappa shape index (κ3) is 1.75. The van der Waals surface area contributed by atoms with Crippen molar-refractivity contribution in [2.24, 2.45) is 0 Å². The molecule has 0 spiro atoms. The molecular formula is C8H10F2N2. The van der Waals surface area contributed by atoms with E-state index in [2.05, 4.69) is 9.97 Å². The van der Waals surface area contributed by atoms with Crippen molar-refractivity contribution < 1.29 is 8.78 Å². The second-order valence-corrected chi connectivity index (χ2v) is 3.59. The Kier molecular flexibility index (Phi) is 2.08. The van der Waals surface area contributed by atoms with Crippen molar-refractivity contribution in [2.75, 3.05) is 0 Å². The third-order valence-electron chi connectivity index (χ3n) is 1.43. The van der Waals surface area contributed by atoms with E-state index < -0.39 is 17.3 Å². The zero-order chi connectivity index (χ0) is 9.35. The molecule has 0 fully saturated rings. The molecule has 0 atom stereocenters. The first-order valence-electron chi connectivity index (χ1n) is 3.60. The highest BCUT2D eigenvalue weighted by molar-refractivity contribution is 5.12. The monoisotopic (exact) mass is 172 g/mol. The molecule has 1 aromatic heterocycles. The molecule has 1 heterocycles. The van der Waals surface area contributed by atoms with Gasteiger partial charge in [-0.15, -0.1) is 0 Å². The van der Waals surface area contributed by atoms with Crippen molar-refractivity contribution >= 4 is 0 Å². The fraction of sp³-hybridized carbons (Fsp3) is 0.500. The Bertz CT molecular complexity index is 292. The molecule has 0 bridgehead atoms. The van der Waals surface area contributed by atoms with Crippen molar-refractivity contribution in [1.29, 1.82) is 0 Å². The fourth-order valence-corrected chi connectivity index (χ4v) is 0.872. The summed E-state index contributed by atoms with van der Waals surface area (Å²) in [5.74, 6) is -0.566. The molecule has 12 heavy (non-hydrogen) atoms. The lowest BCUT2D eigenvalue weighted by molar-refractivity contribution is 0.452. The Balaban J connectivity index is 3.23. The molecule has 0 radical (unpaired) electrons. The molecule has 0 aromatic carbocycles. The SMILES string of the molecule is CC(C)(C)c1nc(F)ncc1F. The number of hydrogen-bond acceptors (Lipinski definition) is 2. The van der Waals surface area contributed by atoms with Gasteiger partial charge < -0.3 is 0 Å². The molecule has 0 aliphatic heterocycles. The minimum atomic E-state index is -0.888. The zero-order valence-corrected chi connectivity index (χ0v) is 7.23. The van der Waals surface area contributed by atoms with Gasteiger partial charge in [0.05, 0.1) is 11.9 Å². The van der Waals surface area contributed by atoms with E-state index in [0.717, 1.165) is 6.20 Å². The van der Waals surface area contributed by atoms with E-state index >= 15 is 0 Å². The van der Waals surface area contributed by atoms with E-state index in [4.69, 9.17) is 0 Å². The van der Waals surface area contributed by atoms with Gasteiger partial charge >= 0.3 is 6.08 Å². The highest BCUT2D eigenvalue weighted by Gasteiger charge is 2.21. The minimum Gasteiger partial charge on any atom is -0.208 e. The summed E-state index contributed by atoms with van der Waals surface area (Å²) in [6, 6.07) is 0. The summed E-state index contributed by atoms with van der Waals surface area (Å²) in [4.78, 5) is 6.49. The Hall–Kier alpha value is -1.06. The predicted octanol–water partition coefficient (Wildman–Crippen LogP) is 2.05. The van der Waals surface area contributed by atoms with Crippen LogP contribution < -0.4 is 0 Å². The van der Waals surface area contributed by atoms with Gasteiger partial charge in [-0.1, -0.05) is 20.8 Å². The van der Waals surface area contributed by atoms with Crippen LogP contribution in [-0.4, -0.2) is 9.97 Å². The van der Waals surface area contributed by atoms with E-state index in [9.17, 15) is 8.78 Å². The van der Waals surface area contributed by atoms with Crippen LogP contribution >= 0.6 is 0 Å². The van der Waals surface area contributed by atoms with Gasteiger partial charge in [-0.2, -0.15) is 4.39 Å². The predicted molar refractivity (Wildman–Crippen MR) is 40.6 cm³/mol. The molecule has 66 valence electrons. The smallest absolute Gasteiger partial charge is 0.208 e. The van der Waals surface area contributed by atoms with Gasteiger partial charge in [0.25, 0.3) is 0 Å². The van der Waals surface area contributed by atoms with Gasteiger partial charge in [-0.05, 0) is 0 Å². The van der Waals surface area contributed by atoms with Gasteiger partial charge in [0.15, 0.2) is 5.82 Å². The molecule has 1 aromatic rings. The normalized spacial score (nSPS) is 11.8. The van der Waals surface area contributed by atoms with E-state index in [0.29, 0.717) is 0 Å². The van der Waals surface area contributed by atoms with Crippen LogP contribution in [0.2, 0.25) is 0 Å². The number of aromatic nitrogens is 2. The van der Waals surface area contributed by atoms with Crippen LogP contribution in [0.3, 0.4) is 0 Å². The molecular weight excluding hydrogens is 162 g/mol. The number of halogens is 2. The van der Waals surface area contributed by atoms with E-state index in [1.54, 1.807) is 20.8 Å². The highest BCUT2D eigenvalue weighted by atomic mass is 19.1. The second kappa shape index (κ2) is 2.77. The molecule has 0 aliphatic carbocycles. The lowest BCUT2D eigenvalue weighted by Gasteiger charge is -2.17. The Morgan fingerprint density at radius 2 is 1.83 bits per heavy atom. The summed E-state index contributed by atoms with van der Waals surface area (Å²) >= 11 is 0. The molecule has 0 saturated carbocycles. The molecule has 1 rings (SSSR count). The number of nitrogens with zero attached hydrogens (tertiary/aromatic N) is 2. The van der Waals surface area contributed by atoms with Gasteiger partial charge in [-0.3, -0.25) is 0 Å². The summed E-state index contributed by atoms with van der Waals surface area (Å²) in [6.45, 7) is 5.29. The largest absolute Gasteiger partial charge is 0.309 e. The molecule has 2 nitrogen and oxygen atoms in total. The van der Waals surface area contributed by atoms with E-state index in [-0.39, 0.29) is 5.69 Å². The first-order valence-corrected chi connectivity index (χ1v) is 3.60. The Morgan fingerprint density at radius 1 is 1.25 bits per heavy atom. The Labute approximate surface area is 69.7 Å². The maximum Gasteiger partial charge on any atom is 0.309 e. The van der Waals surface area contributed by atoms with Gasteiger partial charge in [-0.25, -0.2) is 14.4 Å². The average Bonchev–Trinajstić information content (AvgIpc) is 1.92. The van der Waals surface area contributed by atoms with Crippen LogP contribution in [0.4, 0.5) is 8.78 Å². The lowest BCUT2D eigenvalue weighted by atomic mass is 9.92. The third-order valence-corrected chi connectivity index (χ3v) is 1.43. The first kappa shape index (κ1) is 9.03. The van der Waals surface area contributed by atoms with Crippen molar-refractivity contribution in [3.8, 4) is 0 Å². The maximum absolute atomic E-state index is 13.0. The summed E-state index contributed by atoms with van der Waals surface area (Å²) in [5, 5.41) is 0. The number of hydrogen-bond donors (Lipinski definition) is 0. The lowest BCUT2D eigenvalue weighted by Crippen LogP contribution is -2.17. The average molecular weight is 172 g/mol. The summed E-state index contributed by atoms with van der Waals surface area (Å²) in [5.41, 5.74) is -0.386. The molecule has 4 heteroatoms. The van der Waals surface area contributed by atoms with Gasteiger partial charge in [0, 0.05) is 5.41 Å². The van der Waals surface area contributed by atoms with Crippen LogP contribution in [-0.2, 0) is 5.41 Å². The van der Waals surface area contributed by atoms with Crippen molar-refractivity contribution in [3.63, 3.8) is 0 Å². The van der Waals surface area contributed by atoms with Gasteiger partial charge in [0.2, 0.25) is 0 Å². The van der Waals surface area contributed by atoms with Crippen molar-refractivity contribution in [1.82, 2.24) is 9.97 Å². The molecule has 0 amide bonds. The van der Waals surface area contributed by atoms with E-state index in [1.807, 2.05) is 0 Å². The van der Waals surface area contributed by atoms with Crippen molar-refractivity contribution in [2.45, 2.75) is 26.2 Å². The highest BCUT2D eigenvalue weighted by Crippen LogP contribution is 2.21. The summed E-state index contributed by atoms with van der Waals surface area (Å²) in [6.07, 6.45) is -0.0375. The minimum absolute atomic E-state index is 0.106. The quantitative estimate of drug-likeness (QED) is 0.560. The molecule has 0 saturated heterocycles. The molecule has 0 aliphatic rings. The molecule has 0 N–H and O–H groups in total. The van der Waals surface area contributed by atoms with Crippen LogP contribution in [0.15, 0.2) is 6.20 Å². The second-order valence-electron chi connectivity index (χ2n) is 3.59.